The predicted octanol–water partition coefficient (Wildman–Crippen LogP) is 1.78. The molecule has 1 aliphatic rings. The van der Waals surface area contributed by atoms with Crippen molar-refractivity contribution in [2.45, 2.75) is 39.7 Å². The second-order valence-corrected chi connectivity index (χ2v) is 6.77. The highest BCUT2D eigenvalue weighted by atomic mass is 16.6. The van der Waals surface area contributed by atoms with Gasteiger partial charge in [-0.15, -0.1) is 0 Å². The normalized spacial score (nSPS) is 15.0. The van der Waals surface area contributed by atoms with Crippen molar-refractivity contribution in [2.24, 2.45) is 7.05 Å². The van der Waals surface area contributed by atoms with E-state index in [1.165, 1.54) is 0 Å². The van der Waals surface area contributed by atoms with E-state index in [1.807, 2.05) is 20.9 Å². The lowest BCUT2D eigenvalue weighted by Gasteiger charge is -2.31. The molecule has 1 saturated heterocycles. The largest absolute Gasteiger partial charge is 0.450 e. The Morgan fingerprint density at radius 3 is 2.63 bits per heavy atom. The van der Waals surface area contributed by atoms with Crippen molar-refractivity contribution in [3.05, 3.63) is 23.1 Å². The molecule has 9 heteroatoms. The lowest BCUT2D eigenvalue weighted by atomic mass is 10.1. The van der Waals surface area contributed by atoms with Crippen LogP contribution in [0.4, 0.5) is 4.79 Å². The van der Waals surface area contributed by atoms with E-state index in [2.05, 4.69) is 20.6 Å². The number of piperidine rings is 1. The minimum absolute atomic E-state index is 0.0248. The number of hydrogen-bond donors (Lipinski definition) is 2. The van der Waals surface area contributed by atoms with Gasteiger partial charge < -0.3 is 15.0 Å². The Kier molecular flexibility index (Phi) is 5.48. The first-order valence-electron chi connectivity index (χ1n) is 9.19. The van der Waals surface area contributed by atoms with Crippen LogP contribution < -0.4 is 5.32 Å². The van der Waals surface area contributed by atoms with Crippen LogP contribution in [0.1, 0.15) is 41.6 Å². The molecular formula is C18H26N6O3. The summed E-state index contributed by atoms with van der Waals surface area (Å²) in [5, 5.41) is 14.5. The van der Waals surface area contributed by atoms with Crippen molar-refractivity contribution in [3.8, 4) is 11.3 Å². The van der Waals surface area contributed by atoms with Gasteiger partial charge in [-0.2, -0.15) is 10.2 Å². The summed E-state index contributed by atoms with van der Waals surface area (Å²) in [6, 6.07) is 1.77. The predicted molar refractivity (Wildman–Crippen MR) is 99.3 cm³/mol. The van der Waals surface area contributed by atoms with E-state index in [9.17, 15) is 9.59 Å². The number of aromatic amines is 1. The fraction of sp³-hybridized carbons (Fsp3) is 0.556. The van der Waals surface area contributed by atoms with Gasteiger partial charge in [0.1, 0.15) is 5.69 Å². The summed E-state index contributed by atoms with van der Waals surface area (Å²) in [7, 11) is 1.88. The molecule has 0 bridgehead atoms. The monoisotopic (exact) mass is 374 g/mol. The van der Waals surface area contributed by atoms with Crippen molar-refractivity contribution >= 4 is 12.0 Å². The Morgan fingerprint density at radius 1 is 1.33 bits per heavy atom. The number of aryl methyl sites for hydroxylation is 2. The number of carbonyl (C=O) groups excluding carboxylic acids is 2. The van der Waals surface area contributed by atoms with Crippen molar-refractivity contribution in [2.75, 3.05) is 19.7 Å². The topological polar surface area (TPSA) is 105 Å². The lowest BCUT2D eigenvalue weighted by molar-refractivity contribution is 0.0856. The maximum Gasteiger partial charge on any atom is 0.409 e. The van der Waals surface area contributed by atoms with E-state index in [0.717, 1.165) is 17.0 Å². The molecule has 1 fully saturated rings. The zero-order valence-corrected chi connectivity index (χ0v) is 16.2. The van der Waals surface area contributed by atoms with Crippen molar-refractivity contribution < 1.29 is 14.3 Å². The van der Waals surface area contributed by atoms with Crippen LogP contribution in [0.15, 0.2) is 6.07 Å². The summed E-state index contributed by atoms with van der Waals surface area (Å²) in [6.45, 7) is 7.21. The summed E-state index contributed by atoms with van der Waals surface area (Å²) >= 11 is 0. The molecule has 0 aromatic carbocycles. The van der Waals surface area contributed by atoms with Crippen LogP contribution in [-0.4, -0.2) is 62.6 Å². The first-order valence-corrected chi connectivity index (χ1v) is 9.19. The molecule has 1 aliphatic heterocycles. The minimum atomic E-state index is -0.289. The number of hydrogen-bond acceptors (Lipinski definition) is 5. The molecule has 9 nitrogen and oxygen atoms in total. The molecular weight excluding hydrogens is 348 g/mol. The highest BCUT2D eigenvalue weighted by molar-refractivity contribution is 5.93. The van der Waals surface area contributed by atoms with Gasteiger partial charge in [-0.1, -0.05) is 0 Å². The molecule has 146 valence electrons. The summed E-state index contributed by atoms with van der Waals surface area (Å²) in [5.74, 6) is -0.192. The smallest absolute Gasteiger partial charge is 0.409 e. The van der Waals surface area contributed by atoms with Crippen LogP contribution in [0, 0.1) is 13.8 Å². The molecule has 27 heavy (non-hydrogen) atoms. The van der Waals surface area contributed by atoms with Crippen LogP contribution in [0.5, 0.6) is 0 Å². The van der Waals surface area contributed by atoms with Crippen LogP contribution in [0.3, 0.4) is 0 Å². The highest BCUT2D eigenvalue weighted by Gasteiger charge is 2.25. The number of nitrogens with one attached hydrogen (secondary N) is 2. The standard InChI is InChI=1S/C18H26N6O3/c1-5-27-18(26)24-8-6-13(7-9-24)19-17(25)15-10-14(20-21-15)16-11(2)22-23(4)12(16)3/h10,13H,5-9H2,1-4H3,(H,19,25)(H,20,21). The molecule has 2 aromatic heterocycles. The van der Waals surface area contributed by atoms with Crippen LogP contribution in [0.2, 0.25) is 0 Å². The van der Waals surface area contributed by atoms with Gasteiger partial charge in [0.2, 0.25) is 0 Å². The van der Waals surface area contributed by atoms with Gasteiger partial charge in [-0.25, -0.2) is 4.79 Å². The fourth-order valence-corrected chi connectivity index (χ4v) is 3.39. The first kappa shape index (κ1) is 18.9. The van der Waals surface area contributed by atoms with Gasteiger partial charge in [0.05, 0.1) is 18.0 Å². The molecule has 3 heterocycles. The third-order valence-corrected chi connectivity index (χ3v) is 4.94. The summed E-state index contributed by atoms with van der Waals surface area (Å²) in [4.78, 5) is 26.0. The van der Waals surface area contributed by atoms with Crippen molar-refractivity contribution in [1.29, 1.82) is 0 Å². The van der Waals surface area contributed by atoms with E-state index in [1.54, 1.807) is 22.6 Å². The number of amides is 2. The quantitative estimate of drug-likeness (QED) is 0.849. The van der Waals surface area contributed by atoms with E-state index in [4.69, 9.17) is 4.74 Å². The molecule has 0 unspecified atom stereocenters. The number of carbonyl (C=O) groups is 2. The number of aromatic nitrogens is 4. The number of nitrogens with zero attached hydrogens (tertiary/aromatic N) is 4. The van der Waals surface area contributed by atoms with Crippen LogP contribution in [0.25, 0.3) is 11.3 Å². The summed E-state index contributed by atoms with van der Waals surface area (Å²) in [5.41, 5.74) is 3.94. The van der Waals surface area contributed by atoms with E-state index in [0.29, 0.717) is 43.9 Å². The Labute approximate surface area is 158 Å². The molecule has 0 radical (unpaired) electrons. The van der Waals surface area contributed by atoms with Gasteiger partial charge in [0.15, 0.2) is 0 Å². The van der Waals surface area contributed by atoms with Crippen molar-refractivity contribution in [1.82, 2.24) is 30.2 Å². The Hall–Kier alpha value is -2.84. The molecule has 2 N–H and O–H groups in total. The number of likely N-dealkylation sites (tertiary alicyclic amines) is 1. The third kappa shape index (κ3) is 3.96. The average molecular weight is 374 g/mol. The van der Waals surface area contributed by atoms with Crippen LogP contribution >= 0.6 is 0 Å². The van der Waals surface area contributed by atoms with Crippen molar-refractivity contribution in [3.63, 3.8) is 0 Å². The summed E-state index contributed by atoms with van der Waals surface area (Å²) < 4.78 is 6.81. The second kappa shape index (κ2) is 7.81. The van der Waals surface area contributed by atoms with E-state index < -0.39 is 0 Å². The Bertz CT molecular complexity index is 832. The van der Waals surface area contributed by atoms with Gasteiger partial charge >= 0.3 is 6.09 Å². The number of rotatable bonds is 4. The van der Waals surface area contributed by atoms with Gasteiger partial charge in [-0.05, 0) is 39.7 Å². The Balaban J connectivity index is 1.60. The average Bonchev–Trinajstić information content (AvgIpc) is 3.21. The maximum atomic E-state index is 12.5. The van der Waals surface area contributed by atoms with Gasteiger partial charge in [0.25, 0.3) is 5.91 Å². The van der Waals surface area contributed by atoms with E-state index in [-0.39, 0.29) is 18.0 Å². The molecule has 0 saturated carbocycles. The molecule has 0 aliphatic carbocycles. The first-order chi connectivity index (χ1) is 12.9. The zero-order chi connectivity index (χ0) is 19.6. The lowest BCUT2D eigenvalue weighted by Crippen LogP contribution is -2.46. The molecule has 2 aromatic rings. The number of ether oxygens (including phenoxy) is 1. The van der Waals surface area contributed by atoms with E-state index >= 15 is 0 Å². The highest BCUT2D eigenvalue weighted by Crippen LogP contribution is 2.25. The molecule has 0 atom stereocenters. The third-order valence-electron chi connectivity index (χ3n) is 4.94. The van der Waals surface area contributed by atoms with Gasteiger partial charge in [-0.3, -0.25) is 14.6 Å². The Morgan fingerprint density at radius 2 is 2.04 bits per heavy atom. The second-order valence-electron chi connectivity index (χ2n) is 6.77. The molecule has 0 spiro atoms. The fourth-order valence-electron chi connectivity index (χ4n) is 3.39. The van der Waals surface area contributed by atoms with Crippen LogP contribution in [-0.2, 0) is 11.8 Å². The van der Waals surface area contributed by atoms with Gasteiger partial charge in [0, 0.05) is 37.4 Å². The SMILES string of the molecule is CCOC(=O)N1CCC(NC(=O)c2cc(-c3c(C)nn(C)c3C)n[nH]2)CC1. The maximum absolute atomic E-state index is 12.5. The number of H-pyrrole nitrogens is 1. The zero-order valence-electron chi connectivity index (χ0n) is 16.2. The molecule has 2 amide bonds. The summed E-state index contributed by atoms with van der Waals surface area (Å²) in [6.07, 6.45) is 1.11. The minimum Gasteiger partial charge on any atom is -0.450 e. The molecule has 3 rings (SSSR count).